The van der Waals surface area contributed by atoms with E-state index in [0.29, 0.717) is 0 Å². The average Bonchev–Trinajstić information content (AvgIpc) is 2.06. The second-order valence-electron chi connectivity index (χ2n) is 2.25. The van der Waals surface area contributed by atoms with Gasteiger partial charge in [0.05, 0.1) is 6.04 Å². The molecule has 2 heteroatoms. The van der Waals surface area contributed by atoms with Crippen molar-refractivity contribution in [2.75, 3.05) is 5.32 Å². The van der Waals surface area contributed by atoms with Gasteiger partial charge in [-0.25, -0.2) is 4.98 Å². The first kappa shape index (κ1) is 7.62. The highest BCUT2D eigenvalue weighted by Crippen LogP contribution is 2.00. The Bertz CT molecular complexity index is 248. The monoisotopic (exact) mass is 146 g/mol. The lowest BCUT2D eigenvalue weighted by Gasteiger charge is -2.06. The van der Waals surface area contributed by atoms with Crippen molar-refractivity contribution in [3.05, 3.63) is 24.4 Å². The zero-order valence-corrected chi connectivity index (χ0v) is 6.41. The zero-order chi connectivity index (χ0) is 8.10. The fraction of sp³-hybridized carbons (Fsp3) is 0.222. The molecule has 0 aromatic carbocycles. The predicted octanol–water partition coefficient (Wildman–Crippen LogP) is 1.52. The molecule has 0 aliphatic rings. The number of pyridine rings is 1. The number of hydrogen-bond acceptors (Lipinski definition) is 2. The van der Waals surface area contributed by atoms with E-state index in [2.05, 4.69) is 16.2 Å². The fourth-order valence-electron chi connectivity index (χ4n) is 0.712. The lowest BCUT2D eigenvalue weighted by Crippen LogP contribution is -2.12. The summed E-state index contributed by atoms with van der Waals surface area (Å²) in [6, 6.07) is 5.70. The van der Waals surface area contributed by atoms with Crippen LogP contribution >= 0.6 is 0 Å². The molecule has 0 saturated heterocycles. The van der Waals surface area contributed by atoms with Gasteiger partial charge < -0.3 is 5.32 Å². The van der Waals surface area contributed by atoms with Gasteiger partial charge >= 0.3 is 0 Å². The van der Waals surface area contributed by atoms with Crippen molar-refractivity contribution in [1.82, 2.24) is 4.98 Å². The molecule has 0 radical (unpaired) electrons. The van der Waals surface area contributed by atoms with Gasteiger partial charge in [0.25, 0.3) is 0 Å². The number of rotatable bonds is 2. The molecule has 0 amide bonds. The minimum Gasteiger partial charge on any atom is -0.357 e. The van der Waals surface area contributed by atoms with Crippen molar-refractivity contribution in [2.24, 2.45) is 0 Å². The van der Waals surface area contributed by atoms with Crippen molar-refractivity contribution in [1.29, 1.82) is 0 Å². The molecule has 0 fully saturated rings. The molecule has 56 valence electrons. The summed E-state index contributed by atoms with van der Waals surface area (Å²) >= 11 is 0. The maximum atomic E-state index is 5.18. The molecular formula is C9H10N2. The highest BCUT2D eigenvalue weighted by atomic mass is 15.0. The molecule has 0 spiro atoms. The Labute approximate surface area is 66.7 Å². The predicted molar refractivity (Wildman–Crippen MR) is 46.2 cm³/mol. The van der Waals surface area contributed by atoms with Crippen molar-refractivity contribution in [3.8, 4) is 12.3 Å². The third-order valence-corrected chi connectivity index (χ3v) is 1.28. The molecule has 0 saturated carbocycles. The molecule has 11 heavy (non-hydrogen) atoms. The molecule has 1 aromatic heterocycles. The molecule has 1 aromatic rings. The van der Waals surface area contributed by atoms with Crippen molar-refractivity contribution >= 4 is 5.82 Å². The molecule has 1 heterocycles. The van der Waals surface area contributed by atoms with Gasteiger partial charge in [0.1, 0.15) is 5.82 Å². The Kier molecular flexibility index (Phi) is 2.51. The largest absolute Gasteiger partial charge is 0.357 e. The van der Waals surface area contributed by atoms with Crippen LogP contribution in [-0.2, 0) is 0 Å². The van der Waals surface area contributed by atoms with Crippen molar-refractivity contribution in [3.63, 3.8) is 0 Å². The first-order valence-corrected chi connectivity index (χ1v) is 3.46. The van der Waals surface area contributed by atoms with Gasteiger partial charge in [-0.3, -0.25) is 0 Å². The second-order valence-corrected chi connectivity index (χ2v) is 2.25. The summed E-state index contributed by atoms with van der Waals surface area (Å²) in [5.74, 6) is 3.38. The Morgan fingerprint density at radius 1 is 1.64 bits per heavy atom. The van der Waals surface area contributed by atoms with E-state index in [1.165, 1.54) is 0 Å². The molecular weight excluding hydrogens is 136 g/mol. The van der Waals surface area contributed by atoms with Crippen LogP contribution in [0.15, 0.2) is 24.4 Å². The van der Waals surface area contributed by atoms with Crippen LogP contribution in [0.5, 0.6) is 0 Å². The maximum absolute atomic E-state index is 5.18. The van der Waals surface area contributed by atoms with Crippen molar-refractivity contribution < 1.29 is 0 Å². The number of anilines is 1. The van der Waals surface area contributed by atoms with E-state index >= 15 is 0 Å². The number of nitrogens with zero attached hydrogens (tertiary/aromatic N) is 1. The standard InChI is InChI=1S/C9H10N2/c1-3-8(2)11-9-6-4-5-7-10-9/h1,4-8H,2H3,(H,10,11). The Morgan fingerprint density at radius 2 is 2.45 bits per heavy atom. The van der Waals surface area contributed by atoms with Crippen LogP contribution in [0.4, 0.5) is 5.82 Å². The van der Waals surface area contributed by atoms with Gasteiger partial charge in [-0.2, -0.15) is 0 Å². The van der Waals surface area contributed by atoms with Crippen LogP contribution in [0.2, 0.25) is 0 Å². The molecule has 1 unspecified atom stereocenters. The molecule has 2 nitrogen and oxygen atoms in total. The number of terminal acetylenes is 1. The quantitative estimate of drug-likeness (QED) is 0.640. The minimum atomic E-state index is 0.0323. The van der Waals surface area contributed by atoms with E-state index in [0.717, 1.165) is 5.82 Å². The Balaban J connectivity index is 2.60. The van der Waals surface area contributed by atoms with Crippen LogP contribution in [0.3, 0.4) is 0 Å². The Hall–Kier alpha value is -1.49. The third kappa shape index (κ3) is 2.30. The van der Waals surface area contributed by atoms with Crippen molar-refractivity contribution in [2.45, 2.75) is 13.0 Å². The summed E-state index contributed by atoms with van der Waals surface area (Å²) in [5.41, 5.74) is 0. The fourth-order valence-corrected chi connectivity index (χ4v) is 0.712. The molecule has 0 bridgehead atoms. The lowest BCUT2D eigenvalue weighted by molar-refractivity contribution is 1.01. The molecule has 1 atom stereocenters. The van der Waals surface area contributed by atoms with E-state index in [-0.39, 0.29) is 6.04 Å². The second kappa shape index (κ2) is 3.62. The topological polar surface area (TPSA) is 24.9 Å². The Morgan fingerprint density at radius 3 is 3.00 bits per heavy atom. The van der Waals surface area contributed by atoms with Crippen LogP contribution in [0.25, 0.3) is 0 Å². The molecule has 1 N–H and O–H groups in total. The number of hydrogen-bond donors (Lipinski definition) is 1. The van der Waals surface area contributed by atoms with Gasteiger partial charge in [-0.15, -0.1) is 6.42 Å². The number of aromatic nitrogens is 1. The normalized spacial score (nSPS) is 11.6. The first-order valence-electron chi connectivity index (χ1n) is 3.46. The van der Waals surface area contributed by atoms with E-state index in [4.69, 9.17) is 6.42 Å². The van der Waals surface area contributed by atoms with Crippen LogP contribution in [0, 0.1) is 12.3 Å². The average molecular weight is 146 g/mol. The molecule has 1 rings (SSSR count). The molecule has 0 aliphatic carbocycles. The SMILES string of the molecule is C#CC(C)Nc1ccccn1. The van der Waals surface area contributed by atoms with Gasteiger partial charge in [-0.1, -0.05) is 12.0 Å². The third-order valence-electron chi connectivity index (χ3n) is 1.28. The van der Waals surface area contributed by atoms with Gasteiger partial charge in [-0.05, 0) is 19.1 Å². The highest BCUT2D eigenvalue weighted by molar-refractivity contribution is 5.36. The minimum absolute atomic E-state index is 0.0323. The van der Waals surface area contributed by atoms with Gasteiger partial charge in [0.2, 0.25) is 0 Å². The summed E-state index contributed by atoms with van der Waals surface area (Å²) in [5, 5.41) is 3.04. The summed E-state index contributed by atoms with van der Waals surface area (Å²) in [6.45, 7) is 1.91. The maximum Gasteiger partial charge on any atom is 0.126 e. The van der Waals surface area contributed by atoms with Gasteiger partial charge in [0, 0.05) is 6.20 Å². The van der Waals surface area contributed by atoms with Crippen LogP contribution in [-0.4, -0.2) is 11.0 Å². The van der Waals surface area contributed by atoms with E-state index in [1.54, 1.807) is 6.20 Å². The summed E-state index contributed by atoms with van der Waals surface area (Å²) in [7, 11) is 0. The molecule has 0 aliphatic heterocycles. The van der Waals surface area contributed by atoms with E-state index in [1.807, 2.05) is 25.1 Å². The lowest BCUT2D eigenvalue weighted by atomic mass is 10.3. The van der Waals surface area contributed by atoms with Crippen LogP contribution in [0.1, 0.15) is 6.92 Å². The van der Waals surface area contributed by atoms with E-state index in [9.17, 15) is 0 Å². The van der Waals surface area contributed by atoms with Gasteiger partial charge in [0.15, 0.2) is 0 Å². The first-order chi connectivity index (χ1) is 5.33. The zero-order valence-electron chi connectivity index (χ0n) is 6.41. The summed E-state index contributed by atoms with van der Waals surface area (Å²) in [4.78, 5) is 4.06. The van der Waals surface area contributed by atoms with Crippen LogP contribution < -0.4 is 5.32 Å². The smallest absolute Gasteiger partial charge is 0.126 e. The number of nitrogens with one attached hydrogen (secondary N) is 1. The van der Waals surface area contributed by atoms with E-state index < -0.39 is 0 Å². The highest BCUT2D eigenvalue weighted by Gasteiger charge is 1.94. The summed E-state index contributed by atoms with van der Waals surface area (Å²) in [6.07, 6.45) is 6.91. The summed E-state index contributed by atoms with van der Waals surface area (Å²) < 4.78 is 0.